The Labute approximate surface area is 197 Å². The molecule has 168 valence electrons. The number of nitrogens with zero attached hydrogens (tertiary/aromatic N) is 4. The number of carbonyl (C=O) groups is 1. The van der Waals surface area contributed by atoms with Gasteiger partial charge in [0.05, 0.1) is 6.54 Å². The molecule has 0 radical (unpaired) electrons. The Hall–Kier alpha value is -4.52. The fourth-order valence-corrected chi connectivity index (χ4v) is 3.65. The third-order valence-electron chi connectivity index (χ3n) is 5.57. The monoisotopic (exact) mass is 449 g/mol. The lowest BCUT2D eigenvalue weighted by atomic mass is 10.1. The molecule has 1 N–H and O–H groups in total. The summed E-state index contributed by atoms with van der Waals surface area (Å²) in [5.41, 5.74) is 5.52. The lowest BCUT2D eigenvalue weighted by molar-refractivity contribution is 0.0951. The lowest BCUT2D eigenvalue weighted by Gasteiger charge is -2.11. The second-order valence-corrected chi connectivity index (χ2v) is 8.01. The Morgan fingerprint density at radius 1 is 0.853 bits per heavy atom. The first kappa shape index (κ1) is 21.3. The van der Waals surface area contributed by atoms with Crippen LogP contribution in [-0.2, 0) is 13.1 Å². The number of benzene rings is 3. The van der Waals surface area contributed by atoms with E-state index in [1.54, 1.807) is 18.3 Å². The Kier molecular flexibility index (Phi) is 5.99. The largest absolute Gasteiger partial charge is 0.416 e. The van der Waals surface area contributed by atoms with Gasteiger partial charge < -0.3 is 9.73 Å². The molecule has 3 aromatic carbocycles. The highest BCUT2D eigenvalue weighted by Crippen LogP contribution is 2.24. The van der Waals surface area contributed by atoms with E-state index in [1.165, 1.54) is 5.56 Å². The molecule has 2 aromatic heterocycles. The molecule has 7 nitrogen and oxygen atoms in total. The van der Waals surface area contributed by atoms with Crippen molar-refractivity contribution in [3.8, 4) is 22.9 Å². The molecule has 0 aliphatic rings. The van der Waals surface area contributed by atoms with Crippen LogP contribution in [0.2, 0.25) is 0 Å². The van der Waals surface area contributed by atoms with Gasteiger partial charge in [0.2, 0.25) is 11.8 Å². The van der Waals surface area contributed by atoms with Gasteiger partial charge in [-0.2, -0.15) is 5.10 Å². The van der Waals surface area contributed by atoms with Gasteiger partial charge in [0.1, 0.15) is 0 Å². The predicted molar refractivity (Wildman–Crippen MR) is 129 cm³/mol. The van der Waals surface area contributed by atoms with Gasteiger partial charge in [0, 0.05) is 35.6 Å². The fourth-order valence-electron chi connectivity index (χ4n) is 3.65. The molecule has 0 atom stereocenters. The normalized spacial score (nSPS) is 10.9. The summed E-state index contributed by atoms with van der Waals surface area (Å²) in [7, 11) is 0. The Morgan fingerprint density at radius 3 is 2.15 bits per heavy atom. The molecule has 0 aliphatic heterocycles. The second kappa shape index (κ2) is 9.54. The number of hydrogen-bond donors (Lipinski definition) is 1. The summed E-state index contributed by atoms with van der Waals surface area (Å²) in [6, 6.07) is 25.0. The van der Waals surface area contributed by atoms with E-state index in [2.05, 4.69) is 20.6 Å². The summed E-state index contributed by atoms with van der Waals surface area (Å²) in [5.74, 6) is 0.729. The van der Waals surface area contributed by atoms with Gasteiger partial charge in [-0.1, -0.05) is 42.0 Å². The molecule has 0 spiro atoms. The third kappa shape index (κ3) is 4.78. The number of aryl methyl sites for hydroxylation is 1. The van der Waals surface area contributed by atoms with Crippen molar-refractivity contribution in [1.29, 1.82) is 0 Å². The quantitative estimate of drug-likeness (QED) is 0.382. The average molecular weight is 450 g/mol. The molecule has 0 bridgehead atoms. The van der Waals surface area contributed by atoms with Crippen molar-refractivity contribution in [2.45, 2.75) is 20.0 Å². The molecule has 0 fully saturated rings. The van der Waals surface area contributed by atoms with E-state index in [-0.39, 0.29) is 5.91 Å². The van der Waals surface area contributed by atoms with Gasteiger partial charge in [-0.15, -0.1) is 10.2 Å². The van der Waals surface area contributed by atoms with E-state index in [4.69, 9.17) is 4.42 Å². The summed E-state index contributed by atoms with van der Waals surface area (Å²) in [5, 5.41) is 15.6. The zero-order valence-electron chi connectivity index (χ0n) is 18.7. The highest BCUT2D eigenvalue weighted by Gasteiger charge is 2.12. The maximum atomic E-state index is 12.7. The van der Waals surface area contributed by atoms with Crippen molar-refractivity contribution < 1.29 is 9.21 Å². The smallest absolute Gasteiger partial charge is 0.251 e. The highest BCUT2D eigenvalue weighted by atomic mass is 16.4. The Balaban J connectivity index is 1.24. The molecule has 1 amide bonds. The minimum atomic E-state index is -0.147. The molecular formula is C27H23N5O2. The maximum Gasteiger partial charge on any atom is 0.251 e. The molecule has 34 heavy (non-hydrogen) atoms. The number of carbonyl (C=O) groups excluding carboxylic acids is 1. The number of nitrogens with one attached hydrogen (secondary N) is 1. The standard InChI is InChI=1S/C27H23N5O2/c1-19-7-9-21(10-8-19)26-30-31-27(34-26)22-13-11-20(12-14-22)25(33)28-17-23-5-2-3-6-24(23)18-32-16-4-15-29-32/h2-16H,17-18H2,1H3,(H,28,33). The van der Waals surface area contributed by atoms with Crippen molar-refractivity contribution in [3.63, 3.8) is 0 Å². The summed E-state index contributed by atoms with van der Waals surface area (Å²) in [6.07, 6.45) is 3.68. The number of amides is 1. The molecule has 0 saturated carbocycles. The third-order valence-corrected chi connectivity index (χ3v) is 5.57. The lowest BCUT2D eigenvalue weighted by Crippen LogP contribution is -2.23. The van der Waals surface area contributed by atoms with Gasteiger partial charge in [0.15, 0.2) is 0 Å². The maximum absolute atomic E-state index is 12.7. The Morgan fingerprint density at radius 2 is 1.50 bits per heavy atom. The van der Waals surface area contributed by atoms with E-state index < -0.39 is 0 Å². The molecule has 7 heteroatoms. The molecule has 0 aliphatic carbocycles. The predicted octanol–water partition coefficient (Wildman–Crippen LogP) is 4.89. The van der Waals surface area contributed by atoms with Crippen molar-refractivity contribution >= 4 is 5.91 Å². The van der Waals surface area contributed by atoms with Crippen LogP contribution >= 0.6 is 0 Å². The van der Waals surface area contributed by atoms with Crippen LogP contribution in [-0.4, -0.2) is 25.9 Å². The van der Waals surface area contributed by atoms with Crippen LogP contribution in [0, 0.1) is 6.92 Å². The first-order valence-corrected chi connectivity index (χ1v) is 11.0. The van der Waals surface area contributed by atoms with Gasteiger partial charge >= 0.3 is 0 Å². The molecular weight excluding hydrogens is 426 g/mol. The van der Waals surface area contributed by atoms with Gasteiger partial charge in [-0.25, -0.2) is 0 Å². The average Bonchev–Trinajstić information content (AvgIpc) is 3.57. The molecule has 0 saturated heterocycles. The SMILES string of the molecule is Cc1ccc(-c2nnc(-c3ccc(C(=O)NCc4ccccc4Cn4cccn4)cc3)o2)cc1. The molecule has 2 heterocycles. The van der Waals surface area contributed by atoms with Gasteiger partial charge in [0.25, 0.3) is 5.91 Å². The van der Waals surface area contributed by atoms with Crippen molar-refractivity contribution in [2.24, 2.45) is 0 Å². The molecule has 5 aromatic rings. The molecule has 5 rings (SSSR count). The zero-order valence-corrected chi connectivity index (χ0v) is 18.7. The van der Waals surface area contributed by atoms with E-state index in [9.17, 15) is 4.79 Å². The van der Waals surface area contributed by atoms with Crippen LogP contribution in [0.3, 0.4) is 0 Å². The second-order valence-electron chi connectivity index (χ2n) is 8.01. The highest BCUT2D eigenvalue weighted by molar-refractivity contribution is 5.94. The van der Waals surface area contributed by atoms with Gasteiger partial charge in [-0.05, 0) is 60.5 Å². The summed E-state index contributed by atoms with van der Waals surface area (Å²) >= 11 is 0. The van der Waals surface area contributed by atoms with E-state index in [0.717, 1.165) is 22.3 Å². The van der Waals surface area contributed by atoms with Crippen LogP contribution in [0.1, 0.15) is 27.0 Å². The molecule has 0 unspecified atom stereocenters. The van der Waals surface area contributed by atoms with Crippen LogP contribution in [0.25, 0.3) is 22.9 Å². The van der Waals surface area contributed by atoms with Crippen LogP contribution in [0.4, 0.5) is 0 Å². The number of aromatic nitrogens is 4. The number of rotatable bonds is 7. The van der Waals surface area contributed by atoms with Gasteiger partial charge in [-0.3, -0.25) is 9.48 Å². The number of hydrogen-bond acceptors (Lipinski definition) is 5. The zero-order chi connectivity index (χ0) is 23.3. The van der Waals surface area contributed by atoms with Crippen molar-refractivity contribution in [3.05, 3.63) is 114 Å². The van der Waals surface area contributed by atoms with Crippen LogP contribution in [0.15, 0.2) is 95.7 Å². The fraction of sp³-hybridized carbons (Fsp3) is 0.111. The summed E-state index contributed by atoms with van der Waals surface area (Å²) in [6.45, 7) is 3.12. The minimum absolute atomic E-state index is 0.147. The summed E-state index contributed by atoms with van der Waals surface area (Å²) in [4.78, 5) is 12.7. The summed E-state index contributed by atoms with van der Waals surface area (Å²) < 4.78 is 7.69. The van der Waals surface area contributed by atoms with Crippen molar-refractivity contribution in [2.75, 3.05) is 0 Å². The van der Waals surface area contributed by atoms with E-state index >= 15 is 0 Å². The Bertz CT molecular complexity index is 1390. The minimum Gasteiger partial charge on any atom is -0.416 e. The first-order chi connectivity index (χ1) is 16.7. The topological polar surface area (TPSA) is 85.8 Å². The van der Waals surface area contributed by atoms with Crippen molar-refractivity contribution in [1.82, 2.24) is 25.3 Å². The van der Waals surface area contributed by atoms with E-state index in [1.807, 2.05) is 84.5 Å². The first-order valence-electron chi connectivity index (χ1n) is 11.0. The van der Waals surface area contributed by atoms with E-state index in [0.29, 0.717) is 30.4 Å². The van der Waals surface area contributed by atoms with Crippen LogP contribution < -0.4 is 5.32 Å². The van der Waals surface area contributed by atoms with Crippen LogP contribution in [0.5, 0.6) is 0 Å².